The molecule has 2 rings (SSSR count). The summed E-state index contributed by atoms with van der Waals surface area (Å²) < 4.78 is 24.1. The molecule has 0 saturated heterocycles. The first-order valence-electron chi connectivity index (χ1n) is 4.48. The van der Waals surface area contributed by atoms with E-state index in [-0.39, 0.29) is 37.7 Å². The summed E-state index contributed by atoms with van der Waals surface area (Å²) >= 11 is 0. The van der Waals surface area contributed by atoms with Gasteiger partial charge in [-0.2, -0.15) is 0 Å². The Balaban J connectivity index is 0.000000284. The molecular formula is C12H10F2O2Zr. The van der Waals surface area contributed by atoms with Gasteiger partial charge >= 0.3 is 0 Å². The Morgan fingerprint density at radius 2 is 0.941 bits per heavy atom. The molecule has 2 aromatic carbocycles. The molecule has 0 aliphatic rings. The van der Waals surface area contributed by atoms with Crippen molar-refractivity contribution in [2.24, 2.45) is 0 Å². The van der Waals surface area contributed by atoms with Crippen LogP contribution in [0.15, 0.2) is 48.5 Å². The summed E-state index contributed by atoms with van der Waals surface area (Å²) in [6, 6.07) is 11.2. The van der Waals surface area contributed by atoms with E-state index in [0.29, 0.717) is 0 Å². The Labute approximate surface area is 117 Å². The second kappa shape index (κ2) is 7.96. The number of aromatic hydroxyl groups is 2. The SMILES string of the molecule is Oc1ccccc1F.Oc1ccccc1F.[Zr]. The van der Waals surface area contributed by atoms with Crippen LogP contribution in [0.25, 0.3) is 0 Å². The zero-order valence-electron chi connectivity index (χ0n) is 8.77. The fraction of sp³-hybridized carbons (Fsp3) is 0. The number of hydrogen-bond acceptors (Lipinski definition) is 2. The maximum absolute atomic E-state index is 12.1. The fourth-order valence-corrected chi connectivity index (χ4v) is 0.903. The number of phenolic OH excluding ortho intramolecular Hbond substituents is 2. The van der Waals surface area contributed by atoms with Crippen molar-refractivity contribution in [1.29, 1.82) is 0 Å². The van der Waals surface area contributed by atoms with Gasteiger partial charge in [-0.25, -0.2) is 8.78 Å². The van der Waals surface area contributed by atoms with E-state index < -0.39 is 11.6 Å². The van der Waals surface area contributed by atoms with Crippen LogP contribution in [0.3, 0.4) is 0 Å². The van der Waals surface area contributed by atoms with E-state index in [2.05, 4.69) is 0 Å². The van der Waals surface area contributed by atoms with Crippen molar-refractivity contribution in [2.45, 2.75) is 0 Å². The monoisotopic (exact) mass is 314 g/mol. The molecule has 0 amide bonds. The third-order valence-electron chi connectivity index (χ3n) is 1.70. The van der Waals surface area contributed by atoms with Crippen molar-refractivity contribution < 1.29 is 45.2 Å². The second-order valence-electron chi connectivity index (χ2n) is 2.90. The largest absolute Gasteiger partial charge is 0.505 e. The van der Waals surface area contributed by atoms with Crippen LogP contribution >= 0.6 is 0 Å². The topological polar surface area (TPSA) is 40.5 Å². The maximum Gasteiger partial charge on any atom is 0.164 e. The first kappa shape index (κ1) is 15.8. The van der Waals surface area contributed by atoms with Gasteiger partial charge in [0.15, 0.2) is 23.1 Å². The Morgan fingerprint density at radius 3 is 1.12 bits per heavy atom. The molecule has 0 unspecified atom stereocenters. The van der Waals surface area contributed by atoms with Gasteiger partial charge in [0.25, 0.3) is 0 Å². The van der Waals surface area contributed by atoms with E-state index in [1.165, 1.54) is 36.4 Å². The predicted molar refractivity (Wildman–Crippen MR) is 56.1 cm³/mol. The van der Waals surface area contributed by atoms with E-state index in [9.17, 15) is 8.78 Å². The van der Waals surface area contributed by atoms with Crippen molar-refractivity contribution in [2.75, 3.05) is 0 Å². The van der Waals surface area contributed by atoms with E-state index in [4.69, 9.17) is 10.2 Å². The minimum atomic E-state index is -0.576. The number of para-hydroxylation sites is 2. The van der Waals surface area contributed by atoms with Crippen molar-refractivity contribution in [3.8, 4) is 11.5 Å². The molecule has 17 heavy (non-hydrogen) atoms. The molecule has 0 radical (unpaired) electrons. The van der Waals surface area contributed by atoms with E-state index in [1.54, 1.807) is 12.1 Å². The summed E-state index contributed by atoms with van der Waals surface area (Å²) in [5.74, 6) is -1.75. The molecule has 2 nitrogen and oxygen atoms in total. The van der Waals surface area contributed by atoms with Crippen LogP contribution in [0.2, 0.25) is 0 Å². The second-order valence-corrected chi connectivity index (χ2v) is 2.90. The summed E-state index contributed by atoms with van der Waals surface area (Å²) in [5.41, 5.74) is 0. The van der Waals surface area contributed by atoms with Crippen LogP contribution < -0.4 is 0 Å². The zero-order valence-corrected chi connectivity index (χ0v) is 11.2. The molecular weight excluding hydrogens is 305 g/mol. The Kier molecular flexibility index (Phi) is 7.39. The smallest absolute Gasteiger partial charge is 0.164 e. The van der Waals surface area contributed by atoms with Gasteiger partial charge in [0.1, 0.15) is 0 Å². The molecule has 5 heteroatoms. The third kappa shape index (κ3) is 5.59. The van der Waals surface area contributed by atoms with Crippen LogP contribution in [0, 0.1) is 11.6 Å². The summed E-state index contributed by atoms with van der Waals surface area (Å²) in [6.07, 6.45) is 0. The van der Waals surface area contributed by atoms with Crippen LogP contribution in [0.1, 0.15) is 0 Å². The van der Waals surface area contributed by atoms with Crippen LogP contribution in [0.4, 0.5) is 8.78 Å². The van der Waals surface area contributed by atoms with Gasteiger partial charge in [0.05, 0.1) is 0 Å². The summed E-state index contributed by atoms with van der Waals surface area (Å²) in [4.78, 5) is 0. The number of halogens is 2. The number of phenols is 2. The summed E-state index contributed by atoms with van der Waals surface area (Å²) in [6.45, 7) is 0. The fourth-order valence-electron chi connectivity index (χ4n) is 0.903. The van der Waals surface area contributed by atoms with Gasteiger partial charge < -0.3 is 10.2 Å². The first-order valence-corrected chi connectivity index (χ1v) is 4.48. The van der Waals surface area contributed by atoms with Crippen LogP contribution in [-0.4, -0.2) is 10.2 Å². The number of rotatable bonds is 0. The van der Waals surface area contributed by atoms with E-state index in [1.807, 2.05) is 0 Å². The molecule has 2 aromatic rings. The van der Waals surface area contributed by atoms with Crippen molar-refractivity contribution in [3.05, 3.63) is 60.2 Å². The van der Waals surface area contributed by atoms with Crippen molar-refractivity contribution in [1.82, 2.24) is 0 Å². The molecule has 0 bridgehead atoms. The molecule has 0 aromatic heterocycles. The van der Waals surface area contributed by atoms with Gasteiger partial charge in [0.2, 0.25) is 0 Å². The van der Waals surface area contributed by atoms with Gasteiger partial charge in [-0.05, 0) is 24.3 Å². The van der Waals surface area contributed by atoms with Gasteiger partial charge in [-0.3, -0.25) is 0 Å². The van der Waals surface area contributed by atoms with Crippen LogP contribution in [-0.2, 0) is 26.2 Å². The molecule has 0 aliphatic heterocycles. The first-order chi connectivity index (χ1) is 7.61. The minimum absolute atomic E-state index is 0. The van der Waals surface area contributed by atoms with Gasteiger partial charge in [-0.1, -0.05) is 24.3 Å². The quantitative estimate of drug-likeness (QED) is 0.784. The van der Waals surface area contributed by atoms with Crippen molar-refractivity contribution >= 4 is 0 Å². The van der Waals surface area contributed by atoms with Crippen LogP contribution in [0.5, 0.6) is 11.5 Å². The van der Waals surface area contributed by atoms with Gasteiger partial charge in [0, 0.05) is 26.2 Å². The standard InChI is InChI=1S/2C6H5FO.Zr/c2*7-5-3-1-2-4-6(5)8;/h2*1-4,8H;. The normalized spacial score (nSPS) is 8.59. The number of benzene rings is 2. The maximum atomic E-state index is 12.1. The summed E-state index contributed by atoms with van der Waals surface area (Å²) in [7, 11) is 0. The Hall–Kier alpha value is -1.22. The third-order valence-corrected chi connectivity index (χ3v) is 1.70. The molecule has 0 heterocycles. The molecule has 0 fully saturated rings. The molecule has 88 valence electrons. The number of hydrogen-bond donors (Lipinski definition) is 2. The zero-order chi connectivity index (χ0) is 12.0. The predicted octanol–water partition coefficient (Wildman–Crippen LogP) is 3.06. The molecule has 0 atom stereocenters. The molecule has 0 aliphatic carbocycles. The average molecular weight is 315 g/mol. The van der Waals surface area contributed by atoms with Crippen molar-refractivity contribution in [3.63, 3.8) is 0 Å². The average Bonchev–Trinajstić information content (AvgIpc) is 2.28. The Bertz CT molecular complexity index is 378. The van der Waals surface area contributed by atoms with E-state index >= 15 is 0 Å². The summed E-state index contributed by atoms with van der Waals surface area (Å²) in [5, 5.41) is 17.1. The van der Waals surface area contributed by atoms with E-state index in [0.717, 1.165) is 0 Å². The Morgan fingerprint density at radius 1 is 0.647 bits per heavy atom. The van der Waals surface area contributed by atoms with Gasteiger partial charge in [-0.15, -0.1) is 0 Å². The molecule has 0 spiro atoms. The minimum Gasteiger partial charge on any atom is -0.505 e. The molecule has 0 saturated carbocycles. The molecule has 2 N–H and O–H groups in total.